The summed E-state index contributed by atoms with van der Waals surface area (Å²) in [5.74, 6) is 0.514. The van der Waals surface area contributed by atoms with Crippen molar-refractivity contribution in [2.45, 2.75) is 129 Å². The number of ether oxygens (including phenoxy) is 2. The summed E-state index contributed by atoms with van der Waals surface area (Å²) in [7, 11) is -1.85. The van der Waals surface area contributed by atoms with Crippen molar-refractivity contribution in [3.63, 3.8) is 0 Å². The summed E-state index contributed by atoms with van der Waals surface area (Å²) in [4.78, 5) is 4.16. The molecule has 7 atom stereocenters. The molecule has 5 rings (SSSR count). The van der Waals surface area contributed by atoms with Crippen molar-refractivity contribution in [1.29, 1.82) is 0 Å². The standard InChI is InChI=1S/C29H51N3O4Si/c1-26(2,3)37(6,7)36-22-8-12-27(4,21(18-22)11-15-32-20-30-19-31-32)23-9-13-28(5)24(25(23)33)10-14-29(28)34-16-17-35-29/h19-25,33H,8-18H2,1-7H3/t21-,22?,23-,24-,25+,27-,28-/m0/s1. The number of nitrogens with zero attached hydrogens (tertiary/aromatic N) is 3. The summed E-state index contributed by atoms with van der Waals surface area (Å²) >= 11 is 0. The number of aliphatic hydroxyl groups excluding tert-OH is 1. The molecular weight excluding hydrogens is 482 g/mol. The smallest absolute Gasteiger partial charge is 0.192 e. The van der Waals surface area contributed by atoms with Crippen LogP contribution in [-0.2, 0) is 20.4 Å². The van der Waals surface area contributed by atoms with E-state index in [0.717, 1.165) is 57.9 Å². The van der Waals surface area contributed by atoms with E-state index in [0.29, 0.717) is 25.2 Å². The maximum Gasteiger partial charge on any atom is 0.192 e. The molecule has 1 aromatic rings. The number of hydrogen-bond donors (Lipinski definition) is 1. The van der Waals surface area contributed by atoms with Gasteiger partial charge in [-0.2, -0.15) is 5.10 Å². The summed E-state index contributed by atoms with van der Waals surface area (Å²) in [6, 6.07) is 0. The van der Waals surface area contributed by atoms with Gasteiger partial charge in [0.1, 0.15) is 12.7 Å². The van der Waals surface area contributed by atoms with Gasteiger partial charge in [-0.15, -0.1) is 0 Å². The van der Waals surface area contributed by atoms with Gasteiger partial charge in [-0.05, 0) is 86.2 Å². The zero-order chi connectivity index (χ0) is 26.7. The highest BCUT2D eigenvalue weighted by Gasteiger charge is 2.66. The highest BCUT2D eigenvalue weighted by molar-refractivity contribution is 6.74. The quantitative estimate of drug-likeness (QED) is 0.466. The van der Waals surface area contributed by atoms with E-state index in [1.54, 1.807) is 6.33 Å². The van der Waals surface area contributed by atoms with Crippen LogP contribution < -0.4 is 0 Å². The average molecular weight is 534 g/mol. The molecule has 8 heteroatoms. The van der Waals surface area contributed by atoms with Gasteiger partial charge >= 0.3 is 0 Å². The second-order valence-corrected chi connectivity index (χ2v) is 19.3. The first-order valence-electron chi connectivity index (χ1n) is 14.8. The Morgan fingerprint density at radius 2 is 1.76 bits per heavy atom. The van der Waals surface area contributed by atoms with E-state index in [1.807, 2.05) is 11.0 Å². The lowest BCUT2D eigenvalue weighted by atomic mass is 9.51. The van der Waals surface area contributed by atoms with Crippen LogP contribution in [0.1, 0.15) is 86.0 Å². The van der Waals surface area contributed by atoms with Crippen molar-refractivity contribution in [2.24, 2.45) is 28.6 Å². The van der Waals surface area contributed by atoms with E-state index < -0.39 is 14.1 Å². The maximum absolute atomic E-state index is 12.0. The number of rotatable bonds is 6. The van der Waals surface area contributed by atoms with Gasteiger partial charge < -0.3 is 19.0 Å². The van der Waals surface area contributed by atoms with Gasteiger partial charge in [0.2, 0.25) is 0 Å². The first-order valence-corrected chi connectivity index (χ1v) is 17.7. The number of fused-ring (bicyclic) bond motifs is 2. The molecule has 210 valence electrons. The van der Waals surface area contributed by atoms with E-state index in [4.69, 9.17) is 13.9 Å². The minimum Gasteiger partial charge on any atom is -0.414 e. The molecule has 0 amide bonds. The molecule has 3 aliphatic carbocycles. The third-order valence-electron chi connectivity index (χ3n) is 11.8. The van der Waals surface area contributed by atoms with Crippen LogP contribution in [-0.4, -0.2) is 59.4 Å². The maximum atomic E-state index is 12.0. The number of aryl methyl sites for hydroxylation is 1. The van der Waals surface area contributed by atoms with Crippen LogP contribution in [0.25, 0.3) is 0 Å². The Bertz CT molecular complexity index is 928. The Morgan fingerprint density at radius 3 is 2.41 bits per heavy atom. The van der Waals surface area contributed by atoms with Crippen LogP contribution in [0.3, 0.4) is 0 Å². The van der Waals surface area contributed by atoms with Gasteiger partial charge in [-0.25, -0.2) is 4.98 Å². The Morgan fingerprint density at radius 1 is 1.05 bits per heavy atom. The van der Waals surface area contributed by atoms with E-state index in [2.05, 4.69) is 57.8 Å². The first kappa shape index (κ1) is 27.8. The molecule has 1 spiro atoms. The Kier molecular flexibility index (Phi) is 7.26. The zero-order valence-electron chi connectivity index (χ0n) is 24.3. The lowest BCUT2D eigenvalue weighted by Gasteiger charge is -2.57. The fourth-order valence-corrected chi connectivity index (χ4v) is 9.76. The molecule has 1 aromatic heterocycles. The molecule has 0 radical (unpaired) electrons. The minimum atomic E-state index is -1.85. The number of aromatic nitrogens is 3. The van der Waals surface area contributed by atoms with Crippen molar-refractivity contribution in [2.75, 3.05) is 13.2 Å². The average Bonchev–Trinajstić information content (AvgIpc) is 3.56. The van der Waals surface area contributed by atoms with Gasteiger partial charge in [0.15, 0.2) is 14.1 Å². The predicted octanol–water partition coefficient (Wildman–Crippen LogP) is 5.80. The second-order valence-electron chi connectivity index (χ2n) is 14.6. The summed E-state index contributed by atoms with van der Waals surface area (Å²) in [6.45, 7) is 18.8. The zero-order valence-corrected chi connectivity index (χ0v) is 25.3. The van der Waals surface area contributed by atoms with E-state index >= 15 is 0 Å². The van der Waals surface area contributed by atoms with Crippen LogP contribution >= 0.6 is 0 Å². The molecule has 4 fully saturated rings. The van der Waals surface area contributed by atoms with E-state index in [-0.39, 0.29) is 33.8 Å². The van der Waals surface area contributed by atoms with Crippen LogP contribution in [0.4, 0.5) is 0 Å². The lowest BCUT2D eigenvalue weighted by molar-refractivity contribution is -0.250. The van der Waals surface area contributed by atoms with Gasteiger partial charge in [0, 0.05) is 24.5 Å². The van der Waals surface area contributed by atoms with E-state index in [1.165, 1.54) is 0 Å². The molecule has 1 saturated heterocycles. The molecular formula is C29H51N3O4Si. The monoisotopic (exact) mass is 533 g/mol. The molecule has 0 aromatic carbocycles. The summed E-state index contributed by atoms with van der Waals surface area (Å²) < 4.78 is 21.4. The Hall–Kier alpha value is -0.803. The van der Waals surface area contributed by atoms with E-state index in [9.17, 15) is 5.11 Å². The SMILES string of the molecule is CC(C)(C)[Si](C)(C)OC1CC[C@](C)([C@H]2CC[C@@]3(C)[C@@H](CCC34OCCO4)[C@@H]2O)[C@@H](CCn2cncn2)C1. The molecule has 4 aliphatic rings. The second kappa shape index (κ2) is 9.68. The fourth-order valence-electron chi connectivity index (χ4n) is 8.36. The fraction of sp³-hybridized carbons (Fsp3) is 0.931. The third-order valence-corrected chi connectivity index (χ3v) is 16.3. The van der Waals surface area contributed by atoms with Crippen LogP contribution in [0.2, 0.25) is 18.1 Å². The molecule has 3 saturated carbocycles. The van der Waals surface area contributed by atoms with Crippen molar-refractivity contribution < 1.29 is 19.0 Å². The summed E-state index contributed by atoms with van der Waals surface area (Å²) in [6.07, 6.45) is 11.7. The molecule has 2 heterocycles. The highest BCUT2D eigenvalue weighted by atomic mass is 28.4. The van der Waals surface area contributed by atoms with Crippen molar-refractivity contribution in [3.05, 3.63) is 12.7 Å². The van der Waals surface area contributed by atoms with Crippen molar-refractivity contribution in [1.82, 2.24) is 14.8 Å². The van der Waals surface area contributed by atoms with Gasteiger partial charge in [-0.3, -0.25) is 4.68 Å². The molecule has 1 N–H and O–H groups in total. The van der Waals surface area contributed by atoms with Crippen LogP contribution in [0.5, 0.6) is 0 Å². The molecule has 37 heavy (non-hydrogen) atoms. The molecule has 0 bridgehead atoms. The lowest BCUT2D eigenvalue weighted by Crippen LogP contribution is -2.57. The van der Waals surface area contributed by atoms with Crippen LogP contribution in [0.15, 0.2) is 12.7 Å². The number of aliphatic hydroxyl groups is 1. The normalized spacial score (nSPS) is 40.3. The van der Waals surface area contributed by atoms with Gasteiger partial charge in [0.25, 0.3) is 0 Å². The molecule has 1 unspecified atom stereocenters. The van der Waals surface area contributed by atoms with Crippen LogP contribution in [0, 0.1) is 28.6 Å². The summed E-state index contributed by atoms with van der Waals surface area (Å²) in [5.41, 5.74) is -0.0313. The number of hydrogen-bond acceptors (Lipinski definition) is 6. The first-order chi connectivity index (χ1) is 17.3. The third kappa shape index (κ3) is 4.66. The minimum absolute atomic E-state index is 0.0712. The largest absolute Gasteiger partial charge is 0.414 e. The topological polar surface area (TPSA) is 78.6 Å². The molecule has 7 nitrogen and oxygen atoms in total. The van der Waals surface area contributed by atoms with Gasteiger partial charge in [0.05, 0.1) is 19.3 Å². The highest BCUT2D eigenvalue weighted by Crippen LogP contribution is 2.65. The molecule has 1 aliphatic heterocycles. The predicted molar refractivity (Wildman–Crippen MR) is 146 cm³/mol. The Labute approximate surface area is 225 Å². The van der Waals surface area contributed by atoms with Gasteiger partial charge in [-0.1, -0.05) is 34.6 Å². The summed E-state index contributed by atoms with van der Waals surface area (Å²) in [5, 5.41) is 16.6. The van der Waals surface area contributed by atoms with Crippen molar-refractivity contribution in [3.8, 4) is 0 Å². The van der Waals surface area contributed by atoms with Crippen molar-refractivity contribution >= 4 is 8.32 Å². The Balaban J connectivity index is 1.36.